The standard InChI is InChI=1S/C28H33FN4O3/c1-19-28(24-16-23(7-8-26(24)30-19)33-11-13-36-14-12-33)22-3-2-10-32(18-22)17-21-6-4-20(15-25(21)29)5-9-27(34)31-35/h4-9,15-16,22,30,35H,2-3,10-14,17-18H2,1H3,(H,31,34). The summed E-state index contributed by atoms with van der Waals surface area (Å²) in [5.74, 6) is -0.555. The zero-order valence-electron chi connectivity index (χ0n) is 20.6. The minimum atomic E-state index is -0.650. The van der Waals surface area contributed by atoms with Crippen LogP contribution in [0.25, 0.3) is 17.0 Å². The molecule has 0 radical (unpaired) electrons. The van der Waals surface area contributed by atoms with Gasteiger partial charge in [0.1, 0.15) is 5.82 Å². The molecule has 3 aromatic rings. The van der Waals surface area contributed by atoms with Crippen molar-refractivity contribution in [3.05, 3.63) is 70.7 Å². The highest BCUT2D eigenvalue weighted by atomic mass is 19.1. The van der Waals surface area contributed by atoms with Crippen molar-refractivity contribution in [1.82, 2.24) is 15.4 Å². The number of benzene rings is 2. The van der Waals surface area contributed by atoms with Crippen LogP contribution in [0, 0.1) is 12.7 Å². The Morgan fingerprint density at radius 1 is 1.22 bits per heavy atom. The topological polar surface area (TPSA) is 80.8 Å². The van der Waals surface area contributed by atoms with E-state index in [1.54, 1.807) is 12.1 Å². The van der Waals surface area contributed by atoms with Crippen molar-refractivity contribution in [1.29, 1.82) is 0 Å². The highest BCUT2D eigenvalue weighted by Crippen LogP contribution is 2.37. The van der Waals surface area contributed by atoms with Crippen molar-refractivity contribution >= 4 is 28.6 Å². The minimum Gasteiger partial charge on any atom is -0.378 e. The van der Waals surface area contributed by atoms with Gasteiger partial charge in [-0.2, -0.15) is 0 Å². The lowest BCUT2D eigenvalue weighted by molar-refractivity contribution is -0.124. The number of fused-ring (bicyclic) bond motifs is 1. The number of H-pyrrole nitrogens is 1. The van der Waals surface area contributed by atoms with Crippen molar-refractivity contribution in [3.63, 3.8) is 0 Å². The molecule has 1 amide bonds. The van der Waals surface area contributed by atoms with E-state index >= 15 is 0 Å². The van der Waals surface area contributed by atoms with Crippen LogP contribution in [0.5, 0.6) is 0 Å². The molecule has 1 unspecified atom stereocenters. The maximum atomic E-state index is 14.8. The molecule has 0 spiro atoms. The number of ether oxygens (including phenoxy) is 1. The van der Waals surface area contributed by atoms with Gasteiger partial charge in [0.15, 0.2) is 0 Å². The molecule has 2 aliphatic heterocycles. The number of nitrogens with zero attached hydrogens (tertiary/aromatic N) is 2. The number of aromatic nitrogens is 1. The molecule has 1 atom stereocenters. The zero-order valence-corrected chi connectivity index (χ0v) is 20.6. The normalized spacial score (nSPS) is 19.3. The number of aryl methyl sites for hydroxylation is 1. The van der Waals surface area contributed by atoms with E-state index in [9.17, 15) is 9.18 Å². The van der Waals surface area contributed by atoms with Gasteiger partial charge in [0.25, 0.3) is 5.91 Å². The summed E-state index contributed by atoms with van der Waals surface area (Å²) < 4.78 is 20.4. The number of halogens is 1. The number of likely N-dealkylation sites (tertiary alicyclic amines) is 1. The smallest absolute Gasteiger partial charge is 0.267 e. The van der Waals surface area contributed by atoms with E-state index < -0.39 is 5.91 Å². The number of carbonyl (C=O) groups excluding carboxylic acids is 1. The Bertz CT molecular complexity index is 1270. The number of rotatable bonds is 6. The van der Waals surface area contributed by atoms with Crippen molar-refractivity contribution in [2.45, 2.75) is 32.2 Å². The van der Waals surface area contributed by atoms with Gasteiger partial charge in [-0.05, 0) is 73.7 Å². The molecule has 1 aromatic heterocycles. The summed E-state index contributed by atoms with van der Waals surface area (Å²) in [7, 11) is 0. The van der Waals surface area contributed by atoms with Gasteiger partial charge in [-0.15, -0.1) is 0 Å². The number of hydrogen-bond donors (Lipinski definition) is 3. The molecule has 0 aliphatic carbocycles. The number of amides is 1. The lowest BCUT2D eigenvalue weighted by Gasteiger charge is -2.33. The Kier molecular flexibility index (Phi) is 7.36. The molecule has 190 valence electrons. The third-order valence-electron chi connectivity index (χ3n) is 7.32. The minimum absolute atomic E-state index is 0.290. The molecular formula is C28H33FN4O3. The number of morpholine rings is 1. The summed E-state index contributed by atoms with van der Waals surface area (Å²) in [5.41, 5.74) is 7.75. The Hall–Kier alpha value is -3.20. The number of aromatic amines is 1. The fourth-order valence-electron chi connectivity index (χ4n) is 5.56. The molecule has 8 heteroatoms. The van der Waals surface area contributed by atoms with Gasteiger partial charge in [-0.1, -0.05) is 12.1 Å². The molecule has 7 nitrogen and oxygen atoms in total. The predicted molar refractivity (Wildman–Crippen MR) is 139 cm³/mol. The maximum absolute atomic E-state index is 14.8. The van der Waals surface area contributed by atoms with E-state index in [1.165, 1.54) is 45.5 Å². The van der Waals surface area contributed by atoms with Crippen LogP contribution < -0.4 is 10.4 Å². The molecule has 2 saturated heterocycles. The number of piperidine rings is 1. The lowest BCUT2D eigenvalue weighted by atomic mass is 9.88. The second-order valence-corrected chi connectivity index (χ2v) is 9.73. The largest absolute Gasteiger partial charge is 0.378 e. The van der Waals surface area contributed by atoms with Gasteiger partial charge < -0.3 is 14.6 Å². The van der Waals surface area contributed by atoms with Crippen LogP contribution in [0.4, 0.5) is 10.1 Å². The lowest BCUT2D eigenvalue weighted by Crippen LogP contribution is -2.36. The van der Waals surface area contributed by atoms with Crippen LogP contribution in [-0.4, -0.2) is 60.4 Å². The number of hydrogen-bond acceptors (Lipinski definition) is 5. The third kappa shape index (κ3) is 5.31. The first-order valence-electron chi connectivity index (χ1n) is 12.6. The molecule has 36 heavy (non-hydrogen) atoms. The van der Waals surface area contributed by atoms with Crippen molar-refractivity contribution in [2.75, 3.05) is 44.3 Å². The summed E-state index contributed by atoms with van der Waals surface area (Å²) in [6.45, 7) is 7.88. The van der Waals surface area contributed by atoms with E-state index in [4.69, 9.17) is 9.94 Å². The Labute approximate surface area is 210 Å². The third-order valence-corrected chi connectivity index (χ3v) is 7.32. The van der Waals surface area contributed by atoms with Crippen LogP contribution in [-0.2, 0) is 16.1 Å². The van der Waals surface area contributed by atoms with E-state index in [1.807, 2.05) is 0 Å². The molecule has 2 aliphatic rings. The average molecular weight is 493 g/mol. The summed E-state index contributed by atoms with van der Waals surface area (Å²) in [6.07, 6.45) is 4.82. The van der Waals surface area contributed by atoms with Gasteiger partial charge in [0.2, 0.25) is 0 Å². The monoisotopic (exact) mass is 492 g/mol. The molecule has 0 saturated carbocycles. The SMILES string of the molecule is Cc1[nH]c2ccc(N3CCOCC3)cc2c1C1CCCN(Cc2ccc(C=CC(=O)NO)cc2F)C1. The fourth-order valence-corrected chi connectivity index (χ4v) is 5.56. The summed E-state index contributed by atoms with van der Waals surface area (Å²) in [4.78, 5) is 19.5. The van der Waals surface area contributed by atoms with Crippen LogP contribution in [0.1, 0.15) is 41.1 Å². The first kappa shape index (κ1) is 24.5. The first-order valence-corrected chi connectivity index (χ1v) is 12.6. The van der Waals surface area contributed by atoms with Crippen LogP contribution >= 0.6 is 0 Å². The highest BCUT2D eigenvalue weighted by Gasteiger charge is 2.26. The average Bonchev–Trinajstić information content (AvgIpc) is 3.24. The second-order valence-electron chi connectivity index (χ2n) is 9.73. The first-order chi connectivity index (χ1) is 17.5. The number of nitrogens with one attached hydrogen (secondary N) is 2. The predicted octanol–water partition coefficient (Wildman–Crippen LogP) is 4.35. The quantitative estimate of drug-likeness (QED) is 0.271. The fraction of sp³-hybridized carbons (Fsp3) is 0.393. The van der Waals surface area contributed by atoms with Gasteiger partial charge in [0, 0.05) is 60.1 Å². The molecule has 3 N–H and O–H groups in total. The van der Waals surface area contributed by atoms with Crippen LogP contribution in [0.3, 0.4) is 0 Å². The summed E-state index contributed by atoms with van der Waals surface area (Å²) in [5, 5.41) is 9.88. The van der Waals surface area contributed by atoms with Crippen molar-refractivity contribution in [3.8, 4) is 0 Å². The number of carbonyl (C=O) groups is 1. The van der Waals surface area contributed by atoms with Crippen LogP contribution in [0.15, 0.2) is 42.5 Å². The number of anilines is 1. The van der Waals surface area contributed by atoms with Crippen LogP contribution in [0.2, 0.25) is 0 Å². The number of hydroxylamine groups is 1. The maximum Gasteiger partial charge on any atom is 0.267 e. The Morgan fingerprint density at radius 3 is 2.83 bits per heavy atom. The van der Waals surface area contributed by atoms with Gasteiger partial charge in [-0.3, -0.25) is 14.9 Å². The van der Waals surface area contributed by atoms with E-state index in [-0.39, 0.29) is 5.82 Å². The molecule has 5 rings (SSSR count). The molecule has 3 heterocycles. The zero-order chi connectivity index (χ0) is 25.1. The molecule has 2 aromatic carbocycles. The summed E-state index contributed by atoms with van der Waals surface area (Å²) >= 11 is 0. The Morgan fingerprint density at radius 2 is 2.06 bits per heavy atom. The van der Waals surface area contributed by atoms with Crippen molar-refractivity contribution in [2.24, 2.45) is 0 Å². The second kappa shape index (κ2) is 10.8. The molecule has 0 bridgehead atoms. The van der Waals surface area contributed by atoms with E-state index in [0.29, 0.717) is 23.6 Å². The van der Waals surface area contributed by atoms with Gasteiger partial charge >= 0.3 is 0 Å². The highest BCUT2D eigenvalue weighted by molar-refractivity contribution is 5.91. The molecule has 2 fully saturated rings. The molecular weight excluding hydrogens is 459 g/mol. The van der Waals surface area contributed by atoms with Crippen molar-refractivity contribution < 1.29 is 19.1 Å². The Balaban J connectivity index is 1.33. The van der Waals surface area contributed by atoms with Gasteiger partial charge in [-0.25, -0.2) is 9.87 Å². The summed E-state index contributed by atoms with van der Waals surface area (Å²) in [6, 6.07) is 11.7. The van der Waals surface area contributed by atoms with E-state index in [2.05, 4.69) is 39.9 Å². The van der Waals surface area contributed by atoms with E-state index in [0.717, 1.165) is 58.3 Å². The van der Waals surface area contributed by atoms with Gasteiger partial charge in [0.05, 0.1) is 13.2 Å².